The van der Waals surface area contributed by atoms with Crippen LogP contribution in [-0.4, -0.2) is 0 Å². The van der Waals surface area contributed by atoms with E-state index in [2.05, 4.69) is 20.8 Å². The van der Waals surface area contributed by atoms with Crippen molar-refractivity contribution in [2.45, 2.75) is 117 Å². The van der Waals surface area contributed by atoms with Crippen molar-refractivity contribution in [1.29, 1.82) is 0 Å². The van der Waals surface area contributed by atoms with Crippen LogP contribution in [0.25, 0.3) is 0 Å². The van der Waals surface area contributed by atoms with Gasteiger partial charge in [0.05, 0.1) is 0 Å². The van der Waals surface area contributed by atoms with Gasteiger partial charge in [-0.2, -0.15) is 0 Å². The van der Waals surface area contributed by atoms with Gasteiger partial charge in [-0.3, -0.25) is 0 Å². The van der Waals surface area contributed by atoms with Crippen molar-refractivity contribution < 1.29 is 0 Å². The molecule has 0 heterocycles. The first kappa shape index (κ1) is 19.3. The third kappa shape index (κ3) is 6.09. The molecule has 0 nitrogen and oxygen atoms in total. The highest BCUT2D eigenvalue weighted by atomic mass is 14.4. The zero-order valence-corrected chi connectivity index (χ0v) is 16.5. The van der Waals surface area contributed by atoms with Crippen LogP contribution in [0.3, 0.4) is 0 Å². The summed E-state index contributed by atoms with van der Waals surface area (Å²) < 4.78 is 0. The van der Waals surface area contributed by atoms with Crippen molar-refractivity contribution in [3.05, 3.63) is 0 Å². The van der Waals surface area contributed by atoms with Gasteiger partial charge < -0.3 is 0 Å². The summed E-state index contributed by atoms with van der Waals surface area (Å²) in [6.07, 6.45) is 22.6. The molecule has 0 heteroatoms. The van der Waals surface area contributed by atoms with Crippen LogP contribution >= 0.6 is 0 Å². The fourth-order valence-electron chi connectivity index (χ4n) is 5.97. The van der Waals surface area contributed by atoms with Gasteiger partial charge in [0.2, 0.25) is 0 Å². The molecular weight excluding hydrogens is 276 g/mol. The lowest BCUT2D eigenvalue weighted by molar-refractivity contribution is 0.0803. The number of hydrogen-bond donors (Lipinski definition) is 0. The minimum absolute atomic E-state index is 1.03. The highest BCUT2D eigenvalue weighted by Crippen LogP contribution is 2.47. The lowest BCUT2D eigenvalue weighted by atomic mass is 9.63. The Morgan fingerprint density at radius 1 is 0.783 bits per heavy atom. The molecule has 0 aromatic carbocycles. The van der Waals surface area contributed by atoms with E-state index >= 15 is 0 Å². The SMILES string of the molecule is CCCCCC1CC(C(CC)CCC)CC(C2CCCCC2)C1. The van der Waals surface area contributed by atoms with Crippen LogP contribution in [0.15, 0.2) is 0 Å². The first-order valence-electron chi connectivity index (χ1n) is 11.3. The predicted molar refractivity (Wildman–Crippen MR) is 104 cm³/mol. The summed E-state index contributed by atoms with van der Waals surface area (Å²) in [5.41, 5.74) is 0. The van der Waals surface area contributed by atoms with Gasteiger partial charge in [0.1, 0.15) is 0 Å². The Morgan fingerprint density at radius 3 is 2.22 bits per heavy atom. The van der Waals surface area contributed by atoms with Gasteiger partial charge in [-0.25, -0.2) is 0 Å². The quantitative estimate of drug-likeness (QED) is 0.377. The Morgan fingerprint density at radius 2 is 1.57 bits per heavy atom. The lowest BCUT2D eigenvalue weighted by Crippen LogP contribution is -2.32. The summed E-state index contributed by atoms with van der Waals surface area (Å²) >= 11 is 0. The molecule has 2 aliphatic rings. The Balaban J connectivity index is 1.96. The minimum atomic E-state index is 1.03. The predicted octanol–water partition coefficient (Wildman–Crippen LogP) is 8.01. The second-order valence-corrected chi connectivity index (χ2v) is 8.94. The first-order valence-corrected chi connectivity index (χ1v) is 11.3. The van der Waals surface area contributed by atoms with Crippen LogP contribution < -0.4 is 0 Å². The first-order chi connectivity index (χ1) is 11.3. The number of hydrogen-bond acceptors (Lipinski definition) is 0. The van der Waals surface area contributed by atoms with E-state index < -0.39 is 0 Å². The molecule has 4 atom stereocenters. The zero-order chi connectivity index (χ0) is 16.5. The smallest absolute Gasteiger partial charge is 0.0380 e. The summed E-state index contributed by atoms with van der Waals surface area (Å²) in [5.74, 6) is 5.34. The third-order valence-electron chi connectivity index (χ3n) is 7.26. The Hall–Kier alpha value is 0. The molecule has 2 fully saturated rings. The molecule has 0 amide bonds. The second-order valence-electron chi connectivity index (χ2n) is 8.94. The van der Waals surface area contributed by atoms with E-state index in [1.807, 2.05) is 0 Å². The summed E-state index contributed by atoms with van der Waals surface area (Å²) in [6.45, 7) is 7.20. The third-order valence-corrected chi connectivity index (χ3v) is 7.26. The van der Waals surface area contributed by atoms with Crippen molar-refractivity contribution in [3.8, 4) is 0 Å². The summed E-state index contributed by atoms with van der Waals surface area (Å²) in [5, 5.41) is 0. The molecule has 2 rings (SSSR count). The summed E-state index contributed by atoms with van der Waals surface area (Å²) in [6, 6.07) is 0. The van der Waals surface area contributed by atoms with Crippen LogP contribution in [0.1, 0.15) is 117 Å². The maximum absolute atomic E-state index is 2.45. The molecule has 2 aliphatic carbocycles. The van der Waals surface area contributed by atoms with E-state index in [0.717, 1.165) is 29.6 Å². The standard InChI is InChI=1S/C23H44/c1-4-7-9-13-19-16-22(20(6-3)12-5-2)18-23(17-19)21-14-10-8-11-15-21/h19-23H,4-18H2,1-3H3. The highest BCUT2D eigenvalue weighted by Gasteiger charge is 2.35. The Labute approximate surface area is 147 Å². The fourth-order valence-corrected chi connectivity index (χ4v) is 5.97. The van der Waals surface area contributed by atoms with Gasteiger partial charge in [-0.15, -0.1) is 0 Å². The number of unbranched alkanes of at least 4 members (excludes halogenated alkanes) is 2. The monoisotopic (exact) mass is 320 g/mol. The van der Waals surface area contributed by atoms with E-state index in [4.69, 9.17) is 0 Å². The van der Waals surface area contributed by atoms with E-state index in [1.165, 1.54) is 64.2 Å². The van der Waals surface area contributed by atoms with Crippen LogP contribution in [0.2, 0.25) is 0 Å². The lowest BCUT2D eigenvalue weighted by Gasteiger charge is -2.43. The molecule has 0 aromatic rings. The van der Waals surface area contributed by atoms with Crippen LogP contribution in [0.5, 0.6) is 0 Å². The van der Waals surface area contributed by atoms with Crippen LogP contribution in [0, 0.1) is 29.6 Å². The average Bonchev–Trinajstić information content (AvgIpc) is 2.60. The van der Waals surface area contributed by atoms with E-state index in [0.29, 0.717) is 0 Å². The molecule has 0 aliphatic heterocycles. The van der Waals surface area contributed by atoms with Crippen molar-refractivity contribution in [2.24, 2.45) is 29.6 Å². The van der Waals surface area contributed by atoms with Gasteiger partial charge in [-0.05, 0) is 48.9 Å². The van der Waals surface area contributed by atoms with Gasteiger partial charge >= 0.3 is 0 Å². The molecule has 0 spiro atoms. The average molecular weight is 321 g/mol. The Kier molecular flexibility index (Phi) is 9.06. The van der Waals surface area contributed by atoms with Crippen molar-refractivity contribution >= 4 is 0 Å². The van der Waals surface area contributed by atoms with Gasteiger partial charge in [-0.1, -0.05) is 97.8 Å². The van der Waals surface area contributed by atoms with Crippen molar-refractivity contribution in [3.63, 3.8) is 0 Å². The topological polar surface area (TPSA) is 0 Å². The largest absolute Gasteiger partial charge is 0.0654 e. The van der Waals surface area contributed by atoms with Crippen LogP contribution in [0.4, 0.5) is 0 Å². The summed E-state index contributed by atoms with van der Waals surface area (Å²) in [7, 11) is 0. The highest BCUT2D eigenvalue weighted by molar-refractivity contribution is 4.86. The molecule has 0 bridgehead atoms. The maximum atomic E-state index is 2.45. The summed E-state index contributed by atoms with van der Waals surface area (Å²) in [4.78, 5) is 0. The van der Waals surface area contributed by atoms with Crippen molar-refractivity contribution in [1.82, 2.24) is 0 Å². The maximum Gasteiger partial charge on any atom is -0.0380 e. The molecular formula is C23H44. The zero-order valence-electron chi connectivity index (χ0n) is 16.5. The minimum Gasteiger partial charge on any atom is -0.0654 e. The normalized spacial score (nSPS) is 31.2. The molecule has 0 radical (unpaired) electrons. The molecule has 2 saturated carbocycles. The van der Waals surface area contributed by atoms with E-state index in [9.17, 15) is 0 Å². The van der Waals surface area contributed by atoms with E-state index in [1.54, 1.807) is 32.1 Å². The molecule has 4 unspecified atom stereocenters. The van der Waals surface area contributed by atoms with E-state index in [-0.39, 0.29) is 0 Å². The van der Waals surface area contributed by atoms with Crippen LogP contribution in [-0.2, 0) is 0 Å². The Bertz CT molecular complexity index is 276. The fraction of sp³-hybridized carbons (Fsp3) is 1.00. The second kappa shape index (κ2) is 10.8. The molecule has 0 aromatic heterocycles. The molecule has 0 N–H and O–H groups in total. The molecule has 0 saturated heterocycles. The van der Waals surface area contributed by atoms with Gasteiger partial charge in [0.25, 0.3) is 0 Å². The van der Waals surface area contributed by atoms with Crippen molar-refractivity contribution in [2.75, 3.05) is 0 Å². The molecule has 23 heavy (non-hydrogen) atoms. The number of rotatable bonds is 9. The van der Waals surface area contributed by atoms with Gasteiger partial charge in [0, 0.05) is 0 Å². The molecule has 136 valence electrons. The van der Waals surface area contributed by atoms with Gasteiger partial charge in [0.15, 0.2) is 0 Å².